The Morgan fingerprint density at radius 2 is 2.12 bits per heavy atom. The van der Waals surface area contributed by atoms with Crippen molar-refractivity contribution < 1.29 is 15.0 Å². The molecule has 0 spiro atoms. The monoisotopic (exact) mass is 223 g/mol. The van der Waals surface area contributed by atoms with Crippen LogP contribution in [0.1, 0.15) is 23.6 Å². The Morgan fingerprint density at radius 1 is 1.50 bits per heavy atom. The van der Waals surface area contributed by atoms with Crippen molar-refractivity contribution in [1.82, 2.24) is 0 Å². The number of carbonyl (C=O) groups is 1. The fraction of sp³-hybridized carbons (Fsp3) is 0.417. The molecule has 0 bridgehead atoms. The molecule has 1 rings (SSSR count). The molecule has 0 aliphatic heterocycles. The van der Waals surface area contributed by atoms with E-state index in [2.05, 4.69) is 0 Å². The molecular weight excluding hydrogens is 206 g/mol. The van der Waals surface area contributed by atoms with E-state index in [1.165, 1.54) is 0 Å². The number of nitrogens with two attached hydrogens (primary N) is 1. The molecule has 88 valence electrons. The molecule has 0 radical (unpaired) electrons. The summed E-state index contributed by atoms with van der Waals surface area (Å²) in [6, 6.07) is 2.43. The molecule has 1 atom stereocenters. The van der Waals surface area contributed by atoms with Crippen LogP contribution in [0.4, 0.5) is 0 Å². The van der Waals surface area contributed by atoms with Gasteiger partial charge in [-0.3, -0.25) is 4.79 Å². The third kappa shape index (κ3) is 2.52. The summed E-state index contributed by atoms with van der Waals surface area (Å²) < 4.78 is 0. The van der Waals surface area contributed by atoms with Gasteiger partial charge in [0.15, 0.2) is 0 Å². The topological polar surface area (TPSA) is 83.6 Å². The van der Waals surface area contributed by atoms with Crippen LogP contribution in [-0.2, 0) is 17.6 Å². The molecule has 1 aromatic rings. The first-order chi connectivity index (χ1) is 7.47. The lowest BCUT2D eigenvalue weighted by atomic mass is 9.94. The van der Waals surface area contributed by atoms with E-state index in [0.717, 1.165) is 23.1 Å². The summed E-state index contributed by atoms with van der Waals surface area (Å²) in [7, 11) is 0. The number of phenolic OH excluding ortho intramolecular Hbond substituents is 1. The molecule has 1 aromatic carbocycles. The molecule has 0 aromatic heterocycles. The van der Waals surface area contributed by atoms with E-state index in [4.69, 9.17) is 10.8 Å². The Bertz CT molecular complexity index is 401. The van der Waals surface area contributed by atoms with E-state index < -0.39 is 12.0 Å². The zero-order valence-corrected chi connectivity index (χ0v) is 9.53. The van der Waals surface area contributed by atoms with Crippen molar-refractivity contribution in [3.63, 3.8) is 0 Å². The molecule has 0 heterocycles. The minimum atomic E-state index is -1.01. The Labute approximate surface area is 94.7 Å². The number of hydrogen-bond donors (Lipinski definition) is 3. The Hall–Kier alpha value is -1.55. The summed E-state index contributed by atoms with van der Waals surface area (Å²) in [6.07, 6.45) is 1.04. The fourth-order valence-electron chi connectivity index (χ4n) is 1.81. The zero-order chi connectivity index (χ0) is 12.3. The summed E-state index contributed by atoms with van der Waals surface area (Å²) in [5.41, 5.74) is 8.18. The molecule has 4 nitrogen and oxygen atoms in total. The van der Waals surface area contributed by atoms with E-state index in [1.807, 2.05) is 13.8 Å². The standard InChI is InChI=1S/C12H17NO3/c1-3-9-7(2)11(14)5-4-8(9)6-10(13)12(15)16/h4-5,10,14H,3,6,13H2,1-2H3,(H,15,16)/t10-/m0/s1. The average Bonchev–Trinajstić information content (AvgIpc) is 2.23. The molecular formula is C12H17NO3. The molecule has 0 aliphatic carbocycles. The van der Waals surface area contributed by atoms with Gasteiger partial charge in [0.2, 0.25) is 0 Å². The third-order valence-electron chi connectivity index (χ3n) is 2.78. The van der Waals surface area contributed by atoms with Crippen molar-refractivity contribution >= 4 is 5.97 Å². The van der Waals surface area contributed by atoms with Crippen LogP contribution < -0.4 is 5.73 Å². The predicted molar refractivity (Wildman–Crippen MR) is 61.5 cm³/mol. The maximum absolute atomic E-state index is 10.7. The van der Waals surface area contributed by atoms with Gasteiger partial charge in [0, 0.05) is 0 Å². The summed E-state index contributed by atoms with van der Waals surface area (Å²) in [5.74, 6) is -0.766. The summed E-state index contributed by atoms with van der Waals surface area (Å²) in [6.45, 7) is 3.79. The van der Waals surface area contributed by atoms with Crippen molar-refractivity contribution in [2.75, 3.05) is 0 Å². The van der Waals surface area contributed by atoms with Gasteiger partial charge in [0.05, 0.1) is 0 Å². The SMILES string of the molecule is CCc1c(C[C@H](N)C(=O)O)ccc(O)c1C. The van der Waals surface area contributed by atoms with E-state index in [9.17, 15) is 9.90 Å². The lowest BCUT2D eigenvalue weighted by Gasteiger charge is -2.14. The first kappa shape index (κ1) is 12.5. The van der Waals surface area contributed by atoms with Crippen LogP contribution in [0.2, 0.25) is 0 Å². The first-order valence-corrected chi connectivity index (χ1v) is 5.26. The Balaban J connectivity index is 3.05. The van der Waals surface area contributed by atoms with Crippen molar-refractivity contribution in [3.8, 4) is 5.75 Å². The van der Waals surface area contributed by atoms with Crippen molar-refractivity contribution in [3.05, 3.63) is 28.8 Å². The fourth-order valence-corrected chi connectivity index (χ4v) is 1.81. The van der Waals surface area contributed by atoms with Gasteiger partial charge in [-0.15, -0.1) is 0 Å². The van der Waals surface area contributed by atoms with Gasteiger partial charge in [-0.05, 0) is 42.5 Å². The minimum absolute atomic E-state index is 0.240. The number of benzene rings is 1. The van der Waals surface area contributed by atoms with Crippen LogP contribution in [0.25, 0.3) is 0 Å². The molecule has 0 fully saturated rings. The average molecular weight is 223 g/mol. The largest absolute Gasteiger partial charge is 0.508 e. The van der Waals surface area contributed by atoms with E-state index in [-0.39, 0.29) is 5.75 Å². The van der Waals surface area contributed by atoms with Crippen LogP contribution in [0.5, 0.6) is 5.75 Å². The number of rotatable bonds is 4. The van der Waals surface area contributed by atoms with Crippen LogP contribution in [0, 0.1) is 6.92 Å². The number of carboxylic acids is 1. The van der Waals surface area contributed by atoms with Gasteiger partial charge < -0.3 is 15.9 Å². The Kier molecular flexibility index (Phi) is 3.90. The molecule has 0 aliphatic rings. The second kappa shape index (κ2) is 4.99. The quantitative estimate of drug-likeness (QED) is 0.716. The van der Waals surface area contributed by atoms with Gasteiger partial charge in [-0.2, -0.15) is 0 Å². The Morgan fingerprint density at radius 3 is 2.62 bits per heavy atom. The molecule has 0 saturated heterocycles. The highest BCUT2D eigenvalue weighted by Gasteiger charge is 2.15. The molecule has 0 amide bonds. The van der Waals surface area contributed by atoms with E-state index in [1.54, 1.807) is 12.1 Å². The molecule has 16 heavy (non-hydrogen) atoms. The van der Waals surface area contributed by atoms with Crippen LogP contribution in [0.3, 0.4) is 0 Å². The second-order valence-corrected chi connectivity index (χ2v) is 3.85. The van der Waals surface area contributed by atoms with Crippen molar-refractivity contribution in [2.45, 2.75) is 32.7 Å². The number of aliphatic carboxylic acids is 1. The lowest BCUT2D eigenvalue weighted by Crippen LogP contribution is -2.32. The first-order valence-electron chi connectivity index (χ1n) is 5.26. The second-order valence-electron chi connectivity index (χ2n) is 3.85. The number of phenols is 1. The number of aromatic hydroxyl groups is 1. The number of carboxylic acid groups (broad SMARTS) is 1. The third-order valence-corrected chi connectivity index (χ3v) is 2.78. The van der Waals surface area contributed by atoms with Gasteiger partial charge in [0.25, 0.3) is 0 Å². The molecule has 4 heteroatoms. The van der Waals surface area contributed by atoms with E-state index in [0.29, 0.717) is 6.42 Å². The van der Waals surface area contributed by atoms with Crippen LogP contribution in [0.15, 0.2) is 12.1 Å². The molecule has 0 saturated carbocycles. The highest BCUT2D eigenvalue weighted by atomic mass is 16.4. The predicted octanol–water partition coefficient (Wildman–Crippen LogP) is 1.22. The maximum atomic E-state index is 10.7. The normalized spacial score (nSPS) is 12.4. The summed E-state index contributed by atoms with van der Waals surface area (Å²) in [5, 5.41) is 18.3. The van der Waals surface area contributed by atoms with Gasteiger partial charge >= 0.3 is 5.97 Å². The van der Waals surface area contributed by atoms with Crippen LogP contribution >= 0.6 is 0 Å². The molecule has 4 N–H and O–H groups in total. The van der Waals surface area contributed by atoms with Gasteiger partial charge in [-0.25, -0.2) is 0 Å². The van der Waals surface area contributed by atoms with Gasteiger partial charge in [0.1, 0.15) is 11.8 Å². The van der Waals surface area contributed by atoms with Crippen LogP contribution in [-0.4, -0.2) is 22.2 Å². The number of hydrogen-bond acceptors (Lipinski definition) is 3. The smallest absolute Gasteiger partial charge is 0.320 e. The maximum Gasteiger partial charge on any atom is 0.320 e. The highest BCUT2D eigenvalue weighted by molar-refractivity contribution is 5.73. The molecule has 0 unspecified atom stereocenters. The zero-order valence-electron chi connectivity index (χ0n) is 9.53. The lowest BCUT2D eigenvalue weighted by molar-refractivity contribution is -0.138. The van der Waals surface area contributed by atoms with E-state index >= 15 is 0 Å². The summed E-state index contributed by atoms with van der Waals surface area (Å²) in [4.78, 5) is 10.7. The summed E-state index contributed by atoms with van der Waals surface area (Å²) >= 11 is 0. The van der Waals surface area contributed by atoms with Crippen molar-refractivity contribution in [2.24, 2.45) is 5.73 Å². The highest BCUT2D eigenvalue weighted by Crippen LogP contribution is 2.24. The minimum Gasteiger partial charge on any atom is -0.508 e. The van der Waals surface area contributed by atoms with Crippen molar-refractivity contribution in [1.29, 1.82) is 0 Å². The van der Waals surface area contributed by atoms with Gasteiger partial charge in [-0.1, -0.05) is 13.0 Å².